The summed E-state index contributed by atoms with van der Waals surface area (Å²) < 4.78 is 0. The summed E-state index contributed by atoms with van der Waals surface area (Å²) in [6.45, 7) is 7.69. The van der Waals surface area contributed by atoms with E-state index in [9.17, 15) is 10.5 Å². The van der Waals surface area contributed by atoms with E-state index in [-0.39, 0.29) is 17.3 Å². The maximum atomic E-state index is 9.57. The molecule has 4 nitrogen and oxygen atoms in total. The maximum absolute atomic E-state index is 9.57. The van der Waals surface area contributed by atoms with Crippen LogP contribution in [0.2, 0.25) is 0 Å². The second-order valence-corrected chi connectivity index (χ2v) is 7.72. The van der Waals surface area contributed by atoms with E-state index < -0.39 is 0 Å². The molecule has 4 heteroatoms. The monoisotopic (exact) mass is 414 g/mol. The highest BCUT2D eigenvalue weighted by molar-refractivity contribution is 6.14. The molecule has 1 aliphatic carbocycles. The Morgan fingerprint density at radius 3 is 2.44 bits per heavy atom. The zero-order valence-corrected chi connectivity index (χ0v) is 17.8. The van der Waals surface area contributed by atoms with E-state index in [1.54, 1.807) is 6.08 Å². The van der Waals surface area contributed by atoms with Crippen LogP contribution in [-0.2, 0) is 6.42 Å². The van der Waals surface area contributed by atoms with Crippen molar-refractivity contribution in [2.24, 2.45) is 15.9 Å². The first-order valence-corrected chi connectivity index (χ1v) is 10.5. The Kier molecular flexibility index (Phi) is 6.06. The Morgan fingerprint density at radius 1 is 0.969 bits per heavy atom. The van der Waals surface area contributed by atoms with Crippen molar-refractivity contribution in [3.8, 4) is 12.1 Å². The van der Waals surface area contributed by atoms with Crippen LogP contribution in [0.25, 0.3) is 16.8 Å². The van der Waals surface area contributed by atoms with Gasteiger partial charge in [-0.05, 0) is 46.4 Å². The predicted octanol–water partition coefficient (Wildman–Crippen LogP) is 6.26. The highest BCUT2D eigenvalue weighted by Crippen LogP contribution is 2.32. The molecule has 0 N–H and O–H groups in total. The molecular weight excluding hydrogens is 392 g/mol. The smallest absolute Gasteiger partial charge is 0.177 e. The Balaban J connectivity index is 1.77. The first-order chi connectivity index (χ1) is 15.7. The molecule has 2 aromatic carbocycles. The molecule has 0 spiro atoms. The largest absolute Gasteiger partial charge is 0.243 e. The number of aliphatic imine (C=N–C) groups is 2. The molecule has 0 saturated heterocycles. The van der Waals surface area contributed by atoms with Gasteiger partial charge in [0.05, 0.1) is 5.71 Å². The molecule has 32 heavy (non-hydrogen) atoms. The predicted molar refractivity (Wildman–Crippen MR) is 131 cm³/mol. The van der Waals surface area contributed by atoms with E-state index in [4.69, 9.17) is 0 Å². The fourth-order valence-corrected chi connectivity index (χ4v) is 4.26. The zero-order valence-electron chi connectivity index (χ0n) is 17.8. The number of nitrogens with zero attached hydrogens (tertiary/aromatic N) is 4. The molecule has 0 fully saturated rings. The van der Waals surface area contributed by atoms with Gasteiger partial charge in [-0.3, -0.25) is 0 Å². The molecule has 0 saturated carbocycles. The molecule has 1 aliphatic heterocycles. The van der Waals surface area contributed by atoms with Crippen molar-refractivity contribution in [2.75, 3.05) is 0 Å². The summed E-state index contributed by atoms with van der Waals surface area (Å²) in [5.74, 6) is -0.171. The van der Waals surface area contributed by atoms with Gasteiger partial charge in [0.2, 0.25) is 0 Å². The third-order valence-corrected chi connectivity index (χ3v) is 5.67. The number of benzene rings is 2. The first kappa shape index (κ1) is 21.0. The van der Waals surface area contributed by atoms with Gasteiger partial charge in [0.15, 0.2) is 11.4 Å². The van der Waals surface area contributed by atoms with E-state index in [1.165, 1.54) is 21.9 Å². The molecule has 0 amide bonds. The van der Waals surface area contributed by atoms with Gasteiger partial charge in [-0.25, -0.2) is 9.98 Å². The highest BCUT2D eigenvalue weighted by atomic mass is 14.9. The molecule has 1 unspecified atom stereocenters. The van der Waals surface area contributed by atoms with Gasteiger partial charge in [0.25, 0.3) is 0 Å². The van der Waals surface area contributed by atoms with Crippen molar-refractivity contribution in [1.29, 1.82) is 10.5 Å². The van der Waals surface area contributed by atoms with Gasteiger partial charge in [0.1, 0.15) is 12.1 Å². The van der Waals surface area contributed by atoms with E-state index >= 15 is 0 Å². The van der Waals surface area contributed by atoms with Crippen molar-refractivity contribution >= 4 is 28.3 Å². The van der Waals surface area contributed by atoms with E-state index in [0.717, 1.165) is 17.7 Å². The quantitative estimate of drug-likeness (QED) is 0.523. The minimum absolute atomic E-state index is 0.0352. The van der Waals surface area contributed by atoms with Gasteiger partial charge in [0, 0.05) is 18.1 Å². The normalized spacial score (nSPS) is 17.7. The SMILES string of the molecule is C=CCC1=NC(C#N)=C(C#N)N=C(C=CC2=Cc3cccc4cccc(c34)C2)C1CC=C. The number of nitriles is 2. The first-order valence-electron chi connectivity index (χ1n) is 10.5. The lowest BCUT2D eigenvalue weighted by molar-refractivity contribution is 0.916. The second-order valence-electron chi connectivity index (χ2n) is 7.72. The van der Waals surface area contributed by atoms with E-state index in [1.807, 2.05) is 24.3 Å². The van der Waals surface area contributed by atoms with Gasteiger partial charge >= 0.3 is 0 Å². The van der Waals surface area contributed by atoms with Crippen molar-refractivity contribution in [3.05, 3.63) is 102 Å². The molecule has 4 rings (SSSR count). The highest BCUT2D eigenvalue weighted by Gasteiger charge is 2.24. The number of hydrogen-bond donors (Lipinski definition) is 0. The summed E-state index contributed by atoms with van der Waals surface area (Å²) in [6, 6.07) is 16.8. The third kappa shape index (κ3) is 4.00. The van der Waals surface area contributed by atoms with Crippen LogP contribution in [-0.4, -0.2) is 11.4 Å². The second kappa shape index (κ2) is 9.25. The number of rotatable bonds is 6. The number of allylic oxidation sites excluding steroid dienone is 7. The summed E-state index contributed by atoms with van der Waals surface area (Å²) in [6.07, 6.45) is 11.7. The summed E-state index contributed by atoms with van der Waals surface area (Å²) in [5, 5.41) is 21.6. The Labute approximate surface area is 188 Å². The van der Waals surface area contributed by atoms with Crippen LogP contribution in [0.3, 0.4) is 0 Å². The summed E-state index contributed by atoms with van der Waals surface area (Å²) >= 11 is 0. The molecule has 1 atom stereocenters. The topological polar surface area (TPSA) is 72.3 Å². The van der Waals surface area contributed by atoms with Gasteiger partial charge in [-0.15, -0.1) is 13.2 Å². The van der Waals surface area contributed by atoms with Crippen LogP contribution in [0, 0.1) is 28.6 Å². The molecule has 154 valence electrons. The van der Waals surface area contributed by atoms with Gasteiger partial charge in [-0.2, -0.15) is 10.5 Å². The Morgan fingerprint density at radius 2 is 1.72 bits per heavy atom. The van der Waals surface area contributed by atoms with Crippen LogP contribution in [0.15, 0.2) is 101 Å². The average molecular weight is 415 g/mol. The van der Waals surface area contributed by atoms with Crippen molar-refractivity contribution in [1.82, 2.24) is 0 Å². The fraction of sp³-hybridized carbons (Fsp3) is 0.143. The molecule has 2 aromatic rings. The molecule has 0 bridgehead atoms. The minimum atomic E-state index is -0.171. The van der Waals surface area contributed by atoms with Gasteiger partial charge in [-0.1, -0.05) is 60.7 Å². The van der Waals surface area contributed by atoms with Gasteiger partial charge < -0.3 is 0 Å². The molecule has 2 aliphatic rings. The summed E-state index contributed by atoms with van der Waals surface area (Å²) in [7, 11) is 0. The third-order valence-electron chi connectivity index (χ3n) is 5.67. The average Bonchev–Trinajstić information content (AvgIpc) is 2.95. The molecule has 0 aromatic heterocycles. The van der Waals surface area contributed by atoms with E-state index in [0.29, 0.717) is 18.6 Å². The van der Waals surface area contributed by atoms with Crippen molar-refractivity contribution in [3.63, 3.8) is 0 Å². The number of hydrogen-bond acceptors (Lipinski definition) is 4. The lowest BCUT2D eigenvalue weighted by Gasteiger charge is -2.18. The van der Waals surface area contributed by atoms with Crippen LogP contribution in [0.5, 0.6) is 0 Å². The lowest BCUT2D eigenvalue weighted by atomic mass is 9.87. The Hall–Kier alpha value is -4.28. The summed E-state index contributed by atoms with van der Waals surface area (Å²) in [4.78, 5) is 9.02. The Bertz CT molecular complexity index is 1340. The molecule has 0 radical (unpaired) electrons. The molecule has 1 heterocycles. The summed E-state index contributed by atoms with van der Waals surface area (Å²) in [5.41, 5.74) is 5.19. The lowest BCUT2D eigenvalue weighted by Crippen LogP contribution is -2.21. The van der Waals surface area contributed by atoms with Crippen molar-refractivity contribution in [2.45, 2.75) is 19.3 Å². The van der Waals surface area contributed by atoms with E-state index in [2.05, 4.69) is 71.7 Å². The minimum Gasteiger partial charge on any atom is -0.243 e. The standard InChI is InChI=1S/C28H22N4/c1-3-7-23-24(8-4-2)31-26(17-29)27(18-30)32-25(23)14-13-19-15-21-11-5-9-20-10-6-12-22(16-19)28(20)21/h3-6,9-15,23H,1-2,7-8,16H2. The van der Waals surface area contributed by atoms with Crippen LogP contribution in [0.1, 0.15) is 24.0 Å². The maximum Gasteiger partial charge on any atom is 0.177 e. The zero-order chi connectivity index (χ0) is 22.5. The van der Waals surface area contributed by atoms with Crippen LogP contribution in [0.4, 0.5) is 0 Å². The van der Waals surface area contributed by atoms with Crippen LogP contribution < -0.4 is 0 Å². The fourth-order valence-electron chi connectivity index (χ4n) is 4.26. The van der Waals surface area contributed by atoms with Crippen molar-refractivity contribution < 1.29 is 0 Å². The molecular formula is C28H22N4. The van der Waals surface area contributed by atoms with Crippen LogP contribution >= 0.6 is 0 Å².